The van der Waals surface area contributed by atoms with E-state index in [1.54, 1.807) is 0 Å². The highest BCUT2D eigenvalue weighted by atomic mass is 35.5. The minimum absolute atomic E-state index is 0.177. The fraction of sp³-hybridized carbons (Fsp3) is 0.583. The monoisotopic (exact) mass is 266 g/mol. The minimum atomic E-state index is -0.177. The van der Waals surface area contributed by atoms with Crippen molar-refractivity contribution in [1.29, 1.82) is 0 Å². The molecule has 0 aromatic carbocycles. The van der Waals surface area contributed by atoms with Crippen LogP contribution in [0.2, 0.25) is 5.15 Å². The van der Waals surface area contributed by atoms with E-state index in [9.17, 15) is 4.79 Å². The standard InChI is InChI=1S/C12H15ClN4O/c13-11-6-14-5-9(15-11)12(18)16-10-7-17-3-1-8(10)2-4-17/h5-6,8,10H,1-4,7H2,(H,16,18). The smallest absolute Gasteiger partial charge is 0.271 e. The summed E-state index contributed by atoms with van der Waals surface area (Å²) < 4.78 is 0. The molecular weight excluding hydrogens is 252 g/mol. The van der Waals surface area contributed by atoms with Gasteiger partial charge in [-0.05, 0) is 31.8 Å². The molecule has 3 saturated heterocycles. The number of piperidine rings is 3. The molecule has 2 bridgehead atoms. The third kappa shape index (κ3) is 2.33. The van der Waals surface area contributed by atoms with Gasteiger partial charge in [0.2, 0.25) is 0 Å². The number of fused-ring (bicyclic) bond motifs is 3. The van der Waals surface area contributed by atoms with Crippen molar-refractivity contribution in [2.75, 3.05) is 19.6 Å². The van der Waals surface area contributed by atoms with Crippen LogP contribution < -0.4 is 5.32 Å². The molecule has 6 heteroatoms. The highest BCUT2D eigenvalue weighted by molar-refractivity contribution is 6.29. The van der Waals surface area contributed by atoms with E-state index in [1.807, 2.05) is 0 Å². The summed E-state index contributed by atoms with van der Waals surface area (Å²) in [6.07, 6.45) is 5.22. The van der Waals surface area contributed by atoms with Crippen molar-refractivity contribution in [3.8, 4) is 0 Å². The first kappa shape index (κ1) is 11.9. The molecular formula is C12H15ClN4O. The van der Waals surface area contributed by atoms with Crippen molar-refractivity contribution in [3.63, 3.8) is 0 Å². The van der Waals surface area contributed by atoms with Gasteiger partial charge in [-0.3, -0.25) is 9.78 Å². The number of hydrogen-bond donors (Lipinski definition) is 1. The molecule has 18 heavy (non-hydrogen) atoms. The van der Waals surface area contributed by atoms with E-state index in [4.69, 9.17) is 11.6 Å². The SMILES string of the molecule is O=C(NC1CN2CCC1CC2)c1cncc(Cl)n1. The Morgan fingerprint density at radius 1 is 1.39 bits per heavy atom. The van der Waals surface area contributed by atoms with Gasteiger partial charge in [-0.25, -0.2) is 4.98 Å². The molecule has 1 amide bonds. The molecule has 3 aliphatic heterocycles. The van der Waals surface area contributed by atoms with Crippen LogP contribution >= 0.6 is 11.6 Å². The van der Waals surface area contributed by atoms with E-state index in [0.717, 1.165) is 19.6 Å². The molecule has 1 N–H and O–H groups in total. The van der Waals surface area contributed by atoms with Gasteiger partial charge < -0.3 is 10.2 Å². The molecule has 1 unspecified atom stereocenters. The number of nitrogens with zero attached hydrogens (tertiary/aromatic N) is 3. The summed E-state index contributed by atoms with van der Waals surface area (Å²) in [5, 5.41) is 3.30. The second-order valence-corrected chi connectivity index (χ2v) is 5.33. The molecule has 0 saturated carbocycles. The lowest BCUT2D eigenvalue weighted by molar-refractivity contribution is 0.0617. The summed E-state index contributed by atoms with van der Waals surface area (Å²) in [6, 6.07) is 0.237. The van der Waals surface area contributed by atoms with Crippen LogP contribution in [0.1, 0.15) is 23.3 Å². The molecule has 4 heterocycles. The highest BCUT2D eigenvalue weighted by Gasteiger charge is 2.35. The largest absolute Gasteiger partial charge is 0.346 e. The second-order valence-electron chi connectivity index (χ2n) is 4.95. The zero-order valence-electron chi connectivity index (χ0n) is 9.97. The summed E-state index contributed by atoms with van der Waals surface area (Å²) in [5.41, 5.74) is 0.291. The lowest BCUT2D eigenvalue weighted by Crippen LogP contribution is -2.57. The van der Waals surface area contributed by atoms with Gasteiger partial charge in [0, 0.05) is 12.6 Å². The van der Waals surface area contributed by atoms with Crippen LogP contribution in [0, 0.1) is 5.92 Å². The number of carbonyl (C=O) groups excluding carboxylic acids is 1. The van der Waals surface area contributed by atoms with Crippen molar-refractivity contribution in [3.05, 3.63) is 23.2 Å². The third-order valence-electron chi connectivity index (χ3n) is 3.81. The third-order valence-corrected chi connectivity index (χ3v) is 3.99. The van der Waals surface area contributed by atoms with Gasteiger partial charge in [0.05, 0.1) is 12.4 Å². The minimum Gasteiger partial charge on any atom is -0.346 e. The van der Waals surface area contributed by atoms with Crippen LogP contribution in [-0.4, -0.2) is 46.5 Å². The van der Waals surface area contributed by atoms with Gasteiger partial charge in [-0.15, -0.1) is 0 Å². The maximum absolute atomic E-state index is 12.1. The van der Waals surface area contributed by atoms with E-state index >= 15 is 0 Å². The first-order valence-electron chi connectivity index (χ1n) is 6.23. The van der Waals surface area contributed by atoms with Crippen LogP contribution in [0.25, 0.3) is 0 Å². The second kappa shape index (κ2) is 4.82. The van der Waals surface area contributed by atoms with Crippen molar-refractivity contribution < 1.29 is 4.79 Å². The number of rotatable bonds is 2. The Morgan fingerprint density at radius 2 is 2.17 bits per heavy atom. The topological polar surface area (TPSA) is 58.1 Å². The number of amides is 1. The average Bonchev–Trinajstić information content (AvgIpc) is 2.40. The van der Waals surface area contributed by atoms with Gasteiger partial charge in [-0.1, -0.05) is 11.6 Å². The predicted octanol–water partition coefficient (Wildman–Crippen LogP) is 0.954. The lowest BCUT2D eigenvalue weighted by atomic mass is 9.84. The zero-order valence-corrected chi connectivity index (χ0v) is 10.7. The van der Waals surface area contributed by atoms with Gasteiger partial charge >= 0.3 is 0 Å². The molecule has 0 spiro atoms. The van der Waals surface area contributed by atoms with E-state index in [-0.39, 0.29) is 17.1 Å². The summed E-state index contributed by atoms with van der Waals surface area (Å²) in [7, 11) is 0. The average molecular weight is 267 g/mol. The Morgan fingerprint density at radius 3 is 2.78 bits per heavy atom. The van der Waals surface area contributed by atoms with E-state index in [0.29, 0.717) is 11.6 Å². The normalized spacial score (nSPS) is 30.2. The fourth-order valence-corrected chi connectivity index (χ4v) is 2.97. The number of hydrogen-bond acceptors (Lipinski definition) is 4. The molecule has 0 radical (unpaired) electrons. The number of halogens is 1. The van der Waals surface area contributed by atoms with Crippen LogP contribution in [0.3, 0.4) is 0 Å². The fourth-order valence-electron chi connectivity index (χ4n) is 2.82. The van der Waals surface area contributed by atoms with Crippen molar-refractivity contribution in [1.82, 2.24) is 20.2 Å². The molecule has 3 fully saturated rings. The zero-order chi connectivity index (χ0) is 12.5. The summed E-state index contributed by atoms with van der Waals surface area (Å²) in [6.45, 7) is 3.27. The van der Waals surface area contributed by atoms with Crippen LogP contribution in [-0.2, 0) is 0 Å². The van der Waals surface area contributed by atoms with Crippen LogP contribution in [0.15, 0.2) is 12.4 Å². The molecule has 1 aromatic rings. The molecule has 3 aliphatic rings. The number of carbonyl (C=O) groups is 1. The molecule has 96 valence electrons. The summed E-state index contributed by atoms with van der Waals surface area (Å²) in [5.74, 6) is 0.426. The van der Waals surface area contributed by atoms with Crippen LogP contribution in [0.4, 0.5) is 0 Å². The van der Waals surface area contributed by atoms with Crippen molar-refractivity contribution >= 4 is 17.5 Å². The van der Waals surface area contributed by atoms with E-state index in [2.05, 4.69) is 20.2 Å². The maximum atomic E-state index is 12.1. The first-order valence-corrected chi connectivity index (χ1v) is 6.61. The molecule has 1 aromatic heterocycles. The molecule has 4 rings (SSSR count). The van der Waals surface area contributed by atoms with Gasteiger partial charge in [0.15, 0.2) is 0 Å². The molecule has 1 atom stereocenters. The maximum Gasteiger partial charge on any atom is 0.271 e. The number of nitrogens with one attached hydrogen (secondary N) is 1. The van der Waals surface area contributed by atoms with E-state index in [1.165, 1.54) is 25.2 Å². The Balaban J connectivity index is 1.68. The van der Waals surface area contributed by atoms with Crippen molar-refractivity contribution in [2.45, 2.75) is 18.9 Å². The summed E-state index contributed by atoms with van der Waals surface area (Å²) in [4.78, 5) is 22.3. The Bertz CT molecular complexity index is 459. The Labute approximate surface area is 111 Å². The lowest BCUT2D eigenvalue weighted by Gasteiger charge is -2.44. The predicted molar refractivity (Wildman–Crippen MR) is 67.5 cm³/mol. The van der Waals surface area contributed by atoms with Gasteiger partial charge in [0.25, 0.3) is 5.91 Å². The van der Waals surface area contributed by atoms with E-state index < -0.39 is 0 Å². The molecule has 5 nitrogen and oxygen atoms in total. The van der Waals surface area contributed by atoms with Crippen molar-refractivity contribution in [2.24, 2.45) is 5.92 Å². The Hall–Kier alpha value is -1.20. The molecule has 0 aliphatic carbocycles. The summed E-state index contributed by atoms with van der Waals surface area (Å²) >= 11 is 5.73. The first-order chi connectivity index (χ1) is 8.72. The number of aromatic nitrogens is 2. The quantitative estimate of drug-likeness (QED) is 0.866. The highest BCUT2D eigenvalue weighted by Crippen LogP contribution is 2.27. The Kier molecular flexibility index (Phi) is 3.18. The van der Waals surface area contributed by atoms with Gasteiger partial charge in [-0.2, -0.15) is 0 Å². The van der Waals surface area contributed by atoms with Gasteiger partial charge in [0.1, 0.15) is 10.8 Å². The van der Waals surface area contributed by atoms with Crippen LogP contribution in [0.5, 0.6) is 0 Å².